The van der Waals surface area contributed by atoms with Gasteiger partial charge in [-0.25, -0.2) is 9.59 Å². The third-order valence-corrected chi connectivity index (χ3v) is 5.08. The number of benzene rings is 2. The lowest BCUT2D eigenvalue weighted by atomic mass is 9.84. The number of rotatable bonds is 1. The molecule has 0 saturated heterocycles. The zero-order valence-electron chi connectivity index (χ0n) is 14.1. The van der Waals surface area contributed by atoms with Crippen LogP contribution >= 0.6 is 11.6 Å². The van der Waals surface area contributed by atoms with E-state index in [0.717, 1.165) is 0 Å². The van der Waals surface area contributed by atoms with Crippen LogP contribution in [0.5, 0.6) is 11.6 Å². The van der Waals surface area contributed by atoms with Gasteiger partial charge in [0.15, 0.2) is 5.75 Å². The molecule has 2 aromatic carbocycles. The minimum Gasteiger partial charge on any atom is -0.439 e. The predicted molar refractivity (Wildman–Crippen MR) is 103 cm³/mol. The van der Waals surface area contributed by atoms with E-state index in [1.165, 1.54) is 0 Å². The second-order valence-corrected chi connectivity index (χ2v) is 6.74. The van der Waals surface area contributed by atoms with Crippen LogP contribution in [0.2, 0.25) is 5.02 Å². The minimum absolute atomic E-state index is 0.0260. The lowest BCUT2D eigenvalue weighted by Gasteiger charge is -2.27. The van der Waals surface area contributed by atoms with Gasteiger partial charge in [0.1, 0.15) is 5.58 Å². The van der Waals surface area contributed by atoms with Gasteiger partial charge in [-0.05, 0) is 23.8 Å². The van der Waals surface area contributed by atoms with Crippen LogP contribution in [0.15, 0.2) is 67.3 Å². The van der Waals surface area contributed by atoms with Crippen LogP contribution in [0, 0.1) is 0 Å². The van der Waals surface area contributed by atoms with Gasteiger partial charge < -0.3 is 9.15 Å². The molecule has 1 atom stereocenters. The van der Waals surface area contributed by atoms with Crippen LogP contribution in [-0.4, -0.2) is 9.97 Å². The van der Waals surface area contributed by atoms with Crippen molar-refractivity contribution in [3.8, 4) is 11.6 Å². The number of hydrogen-bond donors (Lipinski definition) is 2. The Kier molecular flexibility index (Phi) is 3.53. The van der Waals surface area contributed by atoms with Gasteiger partial charge >= 0.3 is 11.3 Å². The molecule has 28 heavy (non-hydrogen) atoms. The van der Waals surface area contributed by atoms with Gasteiger partial charge in [0.05, 0.1) is 22.4 Å². The molecule has 1 aliphatic heterocycles. The second kappa shape index (κ2) is 5.97. The van der Waals surface area contributed by atoms with Gasteiger partial charge in [-0.1, -0.05) is 41.9 Å². The molecule has 138 valence electrons. The molecule has 2 aromatic heterocycles. The maximum absolute atomic E-state index is 12.9. The Morgan fingerprint density at radius 3 is 2.46 bits per heavy atom. The highest BCUT2D eigenvalue weighted by atomic mass is 35.5. The molecule has 0 spiro atoms. The number of H-pyrrole nitrogens is 2. The Morgan fingerprint density at radius 2 is 1.64 bits per heavy atom. The molecule has 7 nitrogen and oxygen atoms in total. The molecule has 0 fully saturated rings. The summed E-state index contributed by atoms with van der Waals surface area (Å²) >= 11 is 6.39. The lowest BCUT2D eigenvalue weighted by Crippen LogP contribution is -2.32. The van der Waals surface area contributed by atoms with Gasteiger partial charge in [-0.15, -0.1) is 0 Å². The van der Waals surface area contributed by atoms with E-state index >= 15 is 0 Å². The lowest BCUT2D eigenvalue weighted by molar-refractivity contribution is 0.418. The second-order valence-electron chi connectivity index (χ2n) is 6.34. The molecule has 1 aliphatic rings. The fourth-order valence-corrected chi connectivity index (χ4v) is 3.82. The van der Waals surface area contributed by atoms with Crippen LogP contribution in [0.1, 0.15) is 22.6 Å². The van der Waals surface area contributed by atoms with E-state index in [2.05, 4.69) is 9.97 Å². The van der Waals surface area contributed by atoms with Crippen LogP contribution in [0.4, 0.5) is 0 Å². The fraction of sp³-hybridized carbons (Fsp3) is 0.0500. The molecule has 0 bridgehead atoms. The van der Waals surface area contributed by atoms with E-state index in [1.807, 2.05) is 0 Å². The first-order chi connectivity index (χ1) is 13.5. The van der Waals surface area contributed by atoms with Gasteiger partial charge in [-0.3, -0.25) is 14.8 Å². The Hall–Kier alpha value is -3.58. The molecule has 0 aliphatic carbocycles. The summed E-state index contributed by atoms with van der Waals surface area (Å²) in [6.07, 6.45) is 0. The highest BCUT2D eigenvalue weighted by Crippen LogP contribution is 2.47. The van der Waals surface area contributed by atoms with Gasteiger partial charge in [-0.2, -0.15) is 0 Å². The number of halogens is 1. The van der Waals surface area contributed by atoms with E-state index in [4.69, 9.17) is 20.8 Å². The van der Waals surface area contributed by atoms with Crippen LogP contribution in [0.25, 0.3) is 11.0 Å². The quantitative estimate of drug-likeness (QED) is 0.425. The van der Waals surface area contributed by atoms with E-state index < -0.39 is 22.8 Å². The van der Waals surface area contributed by atoms with Crippen LogP contribution < -0.4 is 21.6 Å². The van der Waals surface area contributed by atoms with E-state index in [9.17, 15) is 14.4 Å². The number of aromatic amines is 2. The molecule has 0 saturated carbocycles. The van der Waals surface area contributed by atoms with Crippen molar-refractivity contribution in [2.24, 2.45) is 0 Å². The summed E-state index contributed by atoms with van der Waals surface area (Å²) in [5.74, 6) is -0.665. The average Bonchev–Trinajstić information content (AvgIpc) is 2.67. The number of nitrogens with one attached hydrogen (secondary N) is 2. The summed E-state index contributed by atoms with van der Waals surface area (Å²) in [5.41, 5.74) is -0.927. The maximum Gasteiger partial charge on any atom is 0.344 e. The van der Waals surface area contributed by atoms with E-state index in [0.29, 0.717) is 21.6 Å². The van der Waals surface area contributed by atoms with Gasteiger partial charge in [0, 0.05) is 5.02 Å². The number of aromatic nitrogens is 2. The Morgan fingerprint density at radius 1 is 0.893 bits per heavy atom. The van der Waals surface area contributed by atoms with Crippen molar-refractivity contribution in [1.29, 1.82) is 0 Å². The van der Waals surface area contributed by atoms with Crippen molar-refractivity contribution >= 4 is 22.6 Å². The van der Waals surface area contributed by atoms with Crippen molar-refractivity contribution in [2.75, 3.05) is 0 Å². The Bertz CT molecular complexity index is 1430. The highest BCUT2D eigenvalue weighted by Gasteiger charge is 2.37. The number of ether oxygens (including phenoxy) is 1. The first-order valence-corrected chi connectivity index (χ1v) is 8.77. The minimum atomic E-state index is -0.867. The zero-order valence-corrected chi connectivity index (χ0v) is 14.9. The van der Waals surface area contributed by atoms with Crippen molar-refractivity contribution in [1.82, 2.24) is 9.97 Å². The molecular formula is C20H11ClN2O5. The summed E-state index contributed by atoms with van der Waals surface area (Å²) in [7, 11) is 0. The first kappa shape index (κ1) is 16.6. The normalized spacial score (nSPS) is 15.0. The molecule has 5 rings (SSSR count). The monoisotopic (exact) mass is 394 g/mol. The summed E-state index contributed by atoms with van der Waals surface area (Å²) in [5, 5.41) is 0.908. The third kappa shape index (κ3) is 2.33. The number of fused-ring (bicyclic) bond motifs is 4. The van der Waals surface area contributed by atoms with Crippen molar-refractivity contribution in [3.63, 3.8) is 0 Å². The molecule has 3 heterocycles. The number of para-hydroxylation sites is 1. The fourth-order valence-electron chi connectivity index (χ4n) is 3.58. The molecule has 0 amide bonds. The van der Waals surface area contributed by atoms with Gasteiger partial charge in [0.2, 0.25) is 5.88 Å². The standard InChI is InChI=1S/C20H11ClN2O5/c21-11-7-3-1-5-9(11)13-14-16(10-6-2-4-8-12(10)27-19(14)25)28-18-15(13)17(24)22-20(26)23-18/h1-8,13H,(H2,22,23,24,26). The third-order valence-electron chi connectivity index (χ3n) is 4.74. The van der Waals surface area contributed by atoms with Gasteiger partial charge in [0.25, 0.3) is 5.56 Å². The first-order valence-electron chi connectivity index (χ1n) is 8.39. The molecule has 2 N–H and O–H groups in total. The smallest absolute Gasteiger partial charge is 0.344 e. The molecule has 1 unspecified atom stereocenters. The summed E-state index contributed by atoms with van der Waals surface area (Å²) < 4.78 is 11.3. The van der Waals surface area contributed by atoms with Crippen LogP contribution in [-0.2, 0) is 0 Å². The maximum atomic E-state index is 12.9. The van der Waals surface area contributed by atoms with Crippen LogP contribution in [0.3, 0.4) is 0 Å². The van der Waals surface area contributed by atoms with E-state index in [-0.39, 0.29) is 22.8 Å². The molecular weight excluding hydrogens is 384 g/mol. The SMILES string of the molecule is O=c1[nH]c2c(c(=O)[nH]1)C(c1ccccc1Cl)c1c(c3ccccc3oc1=O)O2. The summed E-state index contributed by atoms with van der Waals surface area (Å²) in [6, 6.07) is 13.7. The van der Waals surface area contributed by atoms with Crippen molar-refractivity contribution in [2.45, 2.75) is 5.92 Å². The molecule has 4 aromatic rings. The van der Waals surface area contributed by atoms with E-state index in [1.54, 1.807) is 48.5 Å². The molecule has 0 radical (unpaired) electrons. The average molecular weight is 395 g/mol. The molecule has 8 heteroatoms. The number of hydrogen-bond acceptors (Lipinski definition) is 5. The van der Waals surface area contributed by atoms with Crippen molar-refractivity contribution < 1.29 is 9.15 Å². The largest absolute Gasteiger partial charge is 0.439 e. The zero-order chi connectivity index (χ0) is 19.4. The Balaban J connectivity index is 1.96. The van der Waals surface area contributed by atoms with Crippen molar-refractivity contribution in [3.05, 3.63) is 102 Å². The highest BCUT2D eigenvalue weighted by molar-refractivity contribution is 6.31. The summed E-state index contributed by atoms with van der Waals surface area (Å²) in [6.45, 7) is 0. The topological polar surface area (TPSA) is 105 Å². The predicted octanol–water partition coefficient (Wildman–Crippen LogP) is 3.11. The Labute approximate surface area is 161 Å². The summed E-state index contributed by atoms with van der Waals surface area (Å²) in [4.78, 5) is 42.0.